The van der Waals surface area contributed by atoms with Crippen LogP contribution in [0.3, 0.4) is 0 Å². The molecule has 0 spiro atoms. The summed E-state index contributed by atoms with van der Waals surface area (Å²) < 4.78 is 204. The van der Waals surface area contributed by atoms with Crippen LogP contribution in [0, 0.1) is 0 Å². The van der Waals surface area contributed by atoms with Gasteiger partial charge in [-0.15, -0.1) is 0 Å². The Morgan fingerprint density at radius 2 is 0.368 bits per heavy atom. The Kier molecular flexibility index (Phi) is 31.9. The fourth-order valence-corrected chi connectivity index (χ4v) is 14.2. The molecule has 21 aliphatic rings. The lowest BCUT2D eigenvalue weighted by Gasteiger charge is -2.52. The molecular weight excluding hydrogens is 1280 g/mol. The van der Waals surface area contributed by atoms with Gasteiger partial charge in [0.1, 0.15) is 171 Å². The van der Waals surface area contributed by atoms with E-state index in [4.69, 9.17) is 152 Å². The second kappa shape index (κ2) is 38.2. The number of ether oxygens (including phenoxy) is 32. The molecule has 0 aromatic carbocycles. The van der Waals surface area contributed by atoms with Crippen LogP contribution in [0.25, 0.3) is 0 Å². The number of hydrogen-bond donors (Lipinski definition) is 3. The molecule has 0 aromatic heterocycles. The standard InChI is InChI=1S/C60H106O35/c1-64-20-27-36-42(70-7)49(77-14)56(84-27)92-38-29(22-66-3)86-58(51(79-16)44(38)72-9)94-40-31(24-68-5)88-60(53(81-18)46(40)74-11)95-41-32(25-69-6)87-59(52(80-17)47(41)75-12)93-39-30(23-67-4)85-57(50(78-15)45(39)73-10)91-37-28(21-65-2)83-55(48(76-13)43(37)71-8)89-35-26(19-61)82-54(90-36)34(63)33(35)62/h26-63H,19-25H2,1-18H3/t26-,27-,28-,29-,30-,31-,32-,33-,34-,35-,36-,37-,38-,39-,40-,41-,42+,43+,44+,45+,46+,47+,48-,49-,50-,51-,52-,53-,54-,55-,56-,57-,58-,59-,60-/m1/s1. The Morgan fingerprint density at radius 1 is 0.200 bits per heavy atom. The molecule has 35 nitrogen and oxygen atoms in total. The highest BCUT2D eigenvalue weighted by Gasteiger charge is 2.62. The molecule has 21 rings (SSSR count). The van der Waals surface area contributed by atoms with Crippen molar-refractivity contribution in [2.75, 3.05) is 174 Å². The van der Waals surface area contributed by atoms with Crippen molar-refractivity contribution in [2.24, 2.45) is 0 Å². The molecule has 0 aliphatic carbocycles. The molecule has 14 bridgehead atoms. The fraction of sp³-hybridized carbons (Fsp3) is 1.00. The summed E-state index contributed by atoms with van der Waals surface area (Å²) in [6, 6.07) is 0. The Morgan fingerprint density at radius 3 is 0.537 bits per heavy atom. The third-order valence-corrected chi connectivity index (χ3v) is 18.7. The first-order chi connectivity index (χ1) is 46.1. The molecule has 35 atom stereocenters. The van der Waals surface area contributed by atoms with Crippen molar-refractivity contribution in [3.8, 4) is 0 Å². The maximum atomic E-state index is 12.1. The van der Waals surface area contributed by atoms with Crippen molar-refractivity contribution in [3.05, 3.63) is 0 Å². The molecule has 35 heteroatoms. The van der Waals surface area contributed by atoms with Crippen LogP contribution in [0.15, 0.2) is 0 Å². The zero-order valence-electron chi connectivity index (χ0n) is 57.6. The smallest absolute Gasteiger partial charge is 0.187 e. The summed E-state index contributed by atoms with van der Waals surface area (Å²) in [6.45, 7) is -1.28. The molecule has 3 N–H and O–H groups in total. The zero-order valence-corrected chi connectivity index (χ0v) is 57.6. The van der Waals surface area contributed by atoms with Gasteiger partial charge in [0.2, 0.25) is 0 Å². The molecule has 0 radical (unpaired) electrons. The summed E-state index contributed by atoms with van der Waals surface area (Å²) in [6.07, 6.45) is -40.8. The van der Waals surface area contributed by atoms with Crippen LogP contribution >= 0.6 is 0 Å². The molecule has 0 aromatic rings. The first kappa shape index (κ1) is 79.3. The highest BCUT2D eigenvalue weighted by Crippen LogP contribution is 2.42. The Balaban J connectivity index is 1.21. The first-order valence-corrected chi connectivity index (χ1v) is 31.5. The molecule has 0 unspecified atom stereocenters. The van der Waals surface area contributed by atoms with E-state index in [1.165, 1.54) is 128 Å². The van der Waals surface area contributed by atoms with Crippen LogP contribution in [0.2, 0.25) is 0 Å². The van der Waals surface area contributed by atoms with Gasteiger partial charge in [-0.25, -0.2) is 0 Å². The summed E-state index contributed by atoms with van der Waals surface area (Å²) >= 11 is 0. The lowest BCUT2D eigenvalue weighted by Crippen LogP contribution is -2.69. The van der Waals surface area contributed by atoms with Crippen molar-refractivity contribution in [1.29, 1.82) is 0 Å². The monoisotopic (exact) mass is 1390 g/mol. The number of rotatable bonds is 25. The van der Waals surface area contributed by atoms with Crippen LogP contribution in [0.1, 0.15) is 0 Å². The molecule has 21 saturated heterocycles. The topological polar surface area (TPSA) is 356 Å². The van der Waals surface area contributed by atoms with Gasteiger partial charge in [-0.1, -0.05) is 0 Å². The minimum atomic E-state index is -1.86. The third-order valence-electron chi connectivity index (χ3n) is 18.7. The van der Waals surface area contributed by atoms with Gasteiger partial charge in [0.15, 0.2) is 44.0 Å². The molecule has 556 valence electrons. The number of aliphatic hydroxyl groups excluding tert-OH is 3. The van der Waals surface area contributed by atoms with Crippen molar-refractivity contribution in [1.82, 2.24) is 0 Å². The Bertz CT molecular complexity index is 2150. The lowest BCUT2D eigenvalue weighted by molar-refractivity contribution is -0.402. The van der Waals surface area contributed by atoms with Gasteiger partial charge in [-0.05, 0) is 0 Å². The summed E-state index contributed by atoms with van der Waals surface area (Å²) in [4.78, 5) is 0. The van der Waals surface area contributed by atoms with Crippen molar-refractivity contribution in [3.63, 3.8) is 0 Å². The van der Waals surface area contributed by atoms with E-state index < -0.39 is 222 Å². The van der Waals surface area contributed by atoms with Gasteiger partial charge in [-0.2, -0.15) is 0 Å². The summed E-state index contributed by atoms with van der Waals surface area (Å²) in [5.74, 6) is 0. The quantitative estimate of drug-likeness (QED) is 0.0800. The van der Waals surface area contributed by atoms with E-state index in [1.807, 2.05) is 0 Å². The maximum absolute atomic E-state index is 12.1. The summed E-state index contributed by atoms with van der Waals surface area (Å²) in [5.41, 5.74) is 0. The predicted octanol–water partition coefficient (Wildman–Crippen LogP) is -3.46. The average molecular weight is 1390 g/mol. The van der Waals surface area contributed by atoms with Gasteiger partial charge >= 0.3 is 0 Å². The van der Waals surface area contributed by atoms with E-state index in [2.05, 4.69) is 0 Å². The summed E-state index contributed by atoms with van der Waals surface area (Å²) in [5, 5.41) is 35.2. The van der Waals surface area contributed by atoms with Gasteiger partial charge in [0.05, 0.1) is 46.2 Å². The minimum Gasteiger partial charge on any atom is -0.394 e. The zero-order chi connectivity index (χ0) is 68.8. The Labute approximate surface area is 554 Å². The van der Waals surface area contributed by atoms with Crippen LogP contribution < -0.4 is 0 Å². The van der Waals surface area contributed by atoms with Gasteiger partial charge in [0, 0.05) is 128 Å². The second-order valence-corrected chi connectivity index (χ2v) is 23.8. The van der Waals surface area contributed by atoms with E-state index in [1.54, 1.807) is 0 Å². The summed E-state index contributed by atoms with van der Waals surface area (Å²) in [7, 11) is 26.4. The van der Waals surface area contributed by atoms with E-state index in [0.29, 0.717) is 0 Å². The van der Waals surface area contributed by atoms with Crippen molar-refractivity contribution >= 4 is 0 Å². The van der Waals surface area contributed by atoms with Crippen LogP contribution in [-0.2, 0) is 152 Å². The van der Waals surface area contributed by atoms with Crippen LogP contribution in [0.5, 0.6) is 0 Å². The highest BCUT2D eigenvalue weighted by atomic mass is 16.8. The molecule has 21 heterocycles. The van der Waals surface area contributed by atoms with E-state index in [9.17, 15) is 15.3 Å². The van der Waals surface area contributed by atoms with Gasteiger partial charge in [0.25, 0.3) is 0 Å². The molecule has 21 fully saturated rings. The van der Waals surface area contributed by atoms with E-state index in [0.717, 1.165) is 0 Å². The number of aliphatic hydroxyl groups is 3. The average Bonchev–Trinajstić information content (AvgIpc) is 0.777. The second-order valence-electron chi connectivity index (χ2n) is 23.8. The lowest BCUT2D eigenvalue weighted by atomic mass is 9.94. The number of methoxy groups -OCH3 is 18. The van der Waals surface area contributed by atoms with Gasteiger partial charge in [-0.3, -0.25) is 0 Å². The molecule has 0 amide bonds. The van der Waals surface area contributed by atoms with E-state index >= 15 is 0 Å². The van der Waals surface area contributed by atoms with E-state index in [-0.39, 0.29) is 39.6 Å². The van der Waals surface area contributed by atoms with Crippen LogP contribution in [0.4, 0.5) is 0 Å². The number of hydrogen-bond acceptors (Lipinski definition) is 35. The fourth-order valence-electron chi connectivity index (χ4n) is 14.2. The molecule has 95 heavy (non-hydrogen) atoms. The highest BCUT2D eigenvalue weighted by molar-refractivity contribution is 5.04. The Hall–Kier alpha value is -1.40. The van der Waals surface area contributed by atoms with Crippen molar-refractivity contribution in [2.45, 2.75) is 215 Å². The largest absolute Gasteiger partial charge is 0.394 e. The molecule has 0 saturated carbocycles. The molecular formula is C60H106O35. The first-order valence-electron chi connectivity index (χ1n) is 31.5. The SMILES string of the molecule is COC[C@H]1O[C@@H]2O[C@H]3[C@H](OC)[C@@H](OC)[C@@H](O[C@H]4[C@H](OC)[C@@H](OC)[C@@H](O[C@H]5[C@H](OC)[C@@H](OC)[C@@H](O[C@H]6[C@H](OC)[C@@H](OC)[C@@H](O[C@H]7[C@H](OC)[C@@H](OC)[C@@H](O[C@H]8[C@H](O)[C@@H](O)[C@@H](O[C@H]1[C@H](OC)[C@H]2OC)O[C@@H]8CO)O[C@@H]7COC)O[C@@H]6COC)O[C@@H]5COC)O[C@@H]4COC)O[C@@H]3COC. The molecule has 21 aliphatic heterocycles. The minimum absolute atomic E-state index is 0.0558. The van der Waals surface area contributed by atoms with Crippen molar-refractivity contribution < 1.29 is 167 Å². The maximum Gasteiger partial charge on any atom is 0.187 e. The third kappa shape index (κ3) is 17.1. The van der Waals surface area contributed by atoms with Crippen LogP contribution in [-0.4, -0.2) is 404 Å². The predicted molar refractivity (Wildman–Crippen MR) is 315 cm³/mol. The van der Waals surface area contributed by atoms with Gasteiger partial charge < -0.3 is 167 Å². The normalized spacial score (nSPS) is 47.1.